The second-order valence-electron chi connectivity index (χ2n) is 3.81. The van der Waals surface area contributed by atoms with E-state index in [1.54, 1.807) is 7.11 Å². The van der Waals surface area contributed by atoms with Crippen molar-refractivity contribution in [3.05, 3.63) is 22.9 Å². The minimum absolute atomic E-state index is 0.512. The second kappa shape index (κ2) is 4.45. The van der Waals surface area contributed by atoms with Gasteiger partial charge in [0.25, 0.3) is 0 Å². The van der Waals surface area contributed by atoms with E-state index in [9.17, 15) is 0 Å². The van der Waals surface area contributed by atoms with Crippen LogP contribution in [0.2, 0.25) is 0 Å². The van der Waals surface area contributed by atoms with E-state index >= 15 is 0 Å². The maximum absolute atomic E-state index is 5.32. The highest BCUT2D eigenvalue weighted by Gasteiger charge is 2.14. The normalized spacial score (nSPS) is 12.6. The summed E-state index contributed by atoms with van der Waals surface area (Å²) < 4.78 is 5.32. The number of pyridine rings is 1. The van der Waals surface area contributed by atoms with Crippen molar-refractivity contribution in [3.63, 3.8) is 0 Å². The van der Waals surface area contributed by atoms with E-state index in [4.69, 9.17) is 4.74 Å². The van der Waals surface area contributed by atoms with Crippen LogP contribution >= 0.6 is 0 Å². The first-order valence-corrected chi connectivity index (χ1v) is 5.12. The van der Waals surface area contributed by atoms with Gasteiger partial charge in [-0.2, -0.15) is 0 Å². The Hall–Kier alpha value is -1.05. The summed E-state index contributed by atoms with van der Waals surface area (Å²) in [6.45, 7) is 8.51. The van der Waals surface area contributed by atoms with Crippen molar-refractivity contribution in [2.24, 2.45) is 0 Å². The number of methoxy groups -OCH3 is 1. The molecule has 2 nitrogen and oxygen atoms in total. The molecule has 0 fully saturated rings. The molecule has 1 heterocycles. The Morgan fingerprint density at radius 2 is 2.07 bits per heavy atom. The van der Waals surface area contributed by atoms with Crippen molar-refractivity contribution in [3.8, 4) is 5.88 Å². The van der Waals surface area contributed by atoms with Gasteiger partial charge in [0.1, 0.15) is 0 Å². The summed E-state index contributed by atoms with van der Waals surface area (Å²) in [5.41, 5.74) is 3.55. The van der Waals surface area contributed by atoms with Crippen LogP contribution in [0, 0.1) is 13.8 Å². The molecule has 0 aliphatic heterocycles. The summed E-state index contributed by atoms with van der Waals surface area (Å²) in [7, 11) is 1.69. The highest BCUT2D eigenvalue weighted by molar-refractivity contribution is 5.38. The van der Waals surface area contributed by atoms with Gasteiger partial charge in [0.15, 0.2) is 0 Å². The maximum atomic E-state index is 5.32. The van der Waals surface area contributed by atoms with E-state index in [1.807, 2.05) is 6.92 Å². The van der Waals surface area contributed by atoms with Gasteiger partial charge in [-0.1, -0.05) is 13.8 Å². The number of hydrogen-bond donors (Lipinski definition) is 0. The van der Waals surface area contributed by atoms with Crippen molar-refractivity contribution in [1.29, 1.82) is 0 Å². The zero-order valence-corrected chi connectivity index (χ0v) is 9.72. The molecule has 0 aliphatic rings. The molecule has 1 aromatic rings. The van der Waals surface area contributed by atoms with Gasteiger partial charge >= 0.3 is 0 Å². The van der Waals surface area contributed by atoms with Gasteiger partial charge in [0.05, 0.1) is 7.11 Å². The molecule has 0 N–H and O–H groups in total. The third kappa shape index (κ3) is 2.06. The van der Waals surface area contributed by atoms with Gasteiger partial charge < -0.3 is 4.74 Å². The Kier molecular flexibility index (Phi) is 3.50. The van der Waals surface area contributed by atoms with E-state index in [1.165, 1.54) is 11.1 Å². The Balaban J connectivity index is 3.24. The quantitative estimate of drug-likeness (QED) is 0.735. The van der Waals surface area contributed by atoms with Crippen molar-refractivity contribution < 1.29 is 4.74 Å². The monoisotopic (exact) mass is 193 g/mol. The van der Waals surface area contributed by atoms with Crippen molar-refractivity contribution in [2.75, 3.05) is 7.11 Å². The molecule has 0 bridgehead atoms. The highest BCUT2D eigenvalue weighted by Crippen LogP contribution is 2.30. The van der Waals surface area contributed by atoms with E-state index in [0.29, 0.717) is 5.92 Å². The van der Waals surface area contributed by atoms with Crippen LogP contribution in [-0.4, -0.2) is 12.1 Å². The van der Waals surface area contributed by atoms with Crippen LogP contribution in [-0.2, 0) is 0 Å². The van der Waals surface area contributed by atoms with Crippen LogP contribution in [0.1, 0.15) is 43.0 Å². The van der Waals surface area contributed by atoms with Crippen molar-refractivity contribution in [2.45, 2.75) is 40.0 Å². The smallest absolute Gasteiger partial charge is 0.217 e. The number of hydrogen-bond acceptors (Lipinski definition) is 2. The van der Waals surface area contributed by atoms with E-state index in [0.717, 1.165) is 18.0 Å². The van der Waals surface area contributed by atoms with Crippen LogP contribution in [0.15, 0.2) is 6.07 Å². The lowest BCUT2D eigenvalue weighted by molar-refractivity contribution is 0.387. The molecule has 0 saturated heterocycles. The fourth-order valence-electron chi connectivity index (χ4n) is 1.77. The SMILES string of the molecule is CCC(C)c1c(C)cc(C)nc1OC. The number of nitrogens with zero attached hydrogens (tertiary/aromatic N) is 1. The first-order valence-electron chi connectivity index (χ1n) is 5.12. The van der Waals surface area contributed by atoms with Gasteiger partial charge in [-0.25, -0.2) is 4.98 Å². The van der Waals surface area contributed by atoms with Gasteiger partial charge in [0.2, 0.25) is 5.88 Å². The molecule has 2 heteroatoms. The Bertz CT molecular complexity index is 320. The Morgan fingerprint density at radius 1 is 1.43 bits per heavy atom. The standard InChI is InChI=1S/C12H19NO/c1-6-8(2)11-9(3)7-10(4)13-12(11)14-5/h7-8H,6H2,1-5H3. The predicted octanol–water partition coefficient (Wildman–Crippen LogP) is 3.22. The van der Waals surface area contributed by atoms with Crippen molar-refractivity contribution in [1.82, 2.24) is 4.98 Å². The summed E-state index contributed by atoms with van der Waals surface area (Å²) in [6.07, 6.45) is 1.11. The molecule has 1 atom stereocenters. The lowest BCUT2D eigenvalue weighted by Crippen LogP contribution is -2.03. The zero-order valence-electron chi connectivity index (χ0n) is 9.72. The minimum atomic E-state index is 0.512. The molecular weight excluding hydrogens is 174 g/mol. The van der Waals surface area contributed by atoms with E-state index in [2.05, 4.69) is 31.8 Å². The molecule has 0 spiro atoms. The number of aryl methyl sites for hydroxylation is 2. The molecular formula is C12H19NO. The number of rotatable bonds is 3. The zero-order chi connectivity index (χ0) is 10.7. The third-order valence-electron chi connectivity index (χ3n) is 2.66. The van der Waals surface area contributed by atoms with Crippen LogP contribution in [0.4, 0.5) is 0 Å². The summed E-state index contributed by atoms with van der Waals surface area (Å²) in [5.74, 6) is 1.30. The first-order chi connectivity index (χ1) is 6.60. The third-order valence-corrected chi connectivity index (χ3v) is 2.66. The fourth-order valence-corrected chi connectivity index (χ4v) is 1.77. The van der Waals surface area contributed by atoms with Crippen LogP contribution in [0.25, 0.3) is 0 Å². The number of ether oxygens (including phenoxy) is 1. The highest BCUT2D eigenvalue weighted by atomic mass is 16.5. The lowest BCUT2D eigenvalue weighted by atomic mass is 9.95. The molecule has 0 radical (unpaired) electrons. The fraction of sp³-hybridized carbons (Fsp3) is 0.583. The van der Waals surface area contributed by atoms with Crippen LogP contribution in [0.5, 0.6) is 5.88 Å². The summed E-state index contributed by atoms with van der Waals surface area (Å²) in [6, 6.07) is 2.12. The average molecular weight is 193 g/mol. The molecule has 78 valence electrons. The Morgan fingerprint density at radius 3 is 2.57 bits per heavy atom. The Labute approximate surface area is 86.3 Å². The molecule has 14 heavy (non-hydrogen) atoms. The van der Waals surface area contributed by atoms with Crippen LogP contribution < -0.4 is 4.74 Å². The number of aromatic nitrogens is 1. The predicted molar refractivity (Wildman–Crippen MR) is 59.0 cm³/mol. The van der Waals surface area contributed by atoms with Crippen LogP contribution in [0.3, 0.4) is 0 Å². The molecule has 0 amide bonds. The molecule has 1 rings (SSSR count). The summed E-state index contributed by atoms with van der Waals surface area (Å²) in [4.78, 5) is 4.40. The second-order valence-corrected chi connectivity index (χ2v) is 3.81. The summed E-state index contributed by atoms with van der Waals surface area (Å²) in [5, 5.41) is 0. The maximum Gasteiger partial charge on any atom is 0.217 e. The van der Waals surface area contributed by atoms with Crippen molar-refractivity contribution >= 4 is 0 Å². The molecule has 1 unspecified atom stereocenters. The topological polar surface area (TPSA) is 22.1 Å². The molecule has 0 saturated carbocycles. The summed E-state index contributed by atoms with van der Waals surface area (Å²) >= 11 is 0. The van der Waals surface area contributed by atoms with Gasteiger partial charge in [-0.3, -0.25) is 0 Å². The van der Waals surface area contributed by atoms with E-state index < -0.39 is 0 Å². The average Bonchev–Trinajstić information content (AvgIpc) is 2.15. The minimum Gasteiger partial charge on any atom is -0.481 e. The van der Waals surface area contributed by atoms with Gasteiger partial charge in [-0.15, -0.1) is 0 Å². The van der Waals surface area contributed by atoms with E-state index in [-0.39, 0.29) is 0 Å². The molecule has 1 aromatic heterocycles. The van der Waals surface area contributed by atoms with Gasteiger partial charge in [0, 0.05) is 11.3 Å². The van der Waals surface area contributed by atoms with Gasteiger partial charge in [-0.05, 0) is 37.8 Å². The first kappa shape index (κ1) is 11.0. The molecule has 0 aromatic carbocycles. The lowest BCUT2D eigenvalue weighted by Gasteiger charge is -2.16. The largest absolute Gasteiger partial charge is 0.481 e. The molecule has 0 aliphatic carbocycles.